The van der Waals surface area contributed by atoms with Crippen LogP contribution in [0.5, 0.6) is 0 Å². The zero-order valence-electron chi connectivity index (χ0n) is 12.4. The minimum atomic E-state index is -4.49. The van der Waals surface area contributed by atoms with E-state index >= 15 is 0 Å². The van der Waals surface area contributed by atoms with E-state index < -0.39 is 35.4 Å². The Morgan fingerprint density at radius 2 is 2.09 bits per heavy atom. The van der Waals surface area contributed by atoms with Crippen molar-refractivity contribution >= 4 is 5.97 Å². The van der Waals surface area contributed by atoms with Gasteiger partial charge in [0, 0.05) is 0 Å². The Bertz CT molecular complexity index is 710. The molecule has 23 heavy (non-hydrogen) atoms. The fourth-order valence-corrected chi connectivity index (χ4v) is 2.16. The SMILES string of the molecule is CCOC(=O)c1c(F)ncn1[C@H](C)c1cccc(C(F)(F)F)c1. The van der Waals surface area contributed by atoms with Crippen molar-refractivity contribution in [2.75, 3.05) is 6.61 Å². The van der Waals surface area contributed by atoms with Gasteiger partial charge in [-0.15, -0.1) is 0 Å². The second-order valence-corrected chi connectivity index (χ2v) is 4.81. The van der Waals surface area contributed by atoms with Crippen molar-refractivity contribution in [3.05, 3.63) is 53.4 Å². The molecule has 0 radical (unpaired) electrons. The lowest BCUT2D eigenvalue weighted by molar-refractivity contribution is -0.137. The van der Waals surface area contributed by atoms with Crippen molar-refractivity contribution in [3.8, 4) is 0 Å². The highest BCUT2D eigenvalue weighted by Gasteiger charge is 2.31. The first-order chi connectivity index (χ1) is 10.8. The normalized spacial score (nSPS) is 13.0. The Hall–Kier alpha value is -2.38. The van der Waals surface area contributed by atoms with E-state index in [-0.39, 0.29) is 12.2 Å². The van der Waals surface area contributed by atoms with Gasteiger partial charge in [-0.1, -0.05) is 12.1 Å². The molecular weight excluding hydrogens is 316 g/mol. The van der Waals surface area contributed by atoms with E-state index in [1.165, 1.54) is 12.1 Å². The van der Waals surface area contributed by atoms with E-state index in [4.69, 9.17) is 4.74 Å². The summed E-state index contributed by atoms with van der Waals surface area (Å²) in [4.78, 5) is 15.2. The summed E-state index contributed by atoms with van der Waals surface area (Å²) >= 11 is 0. The van der Waals surface area contributed by atoms with Gasteiger partial charge in [0.15, 0.2) is 5.69 Å². The summed E-state index contributed by atoms with van der Waals surface area (Å²) < 4.78 is 58.0. The summed E-state index contributed by atoms with van der Waals surface area (Å²) in [7, 11) is 0. The summed E-state index contributed by atoms with van der Waals surface area (Å²) in [5, 5.41) is 0. The highest BCUT2D eigenvalue weighted by Crippen LogP contribution is 2.31. The maximum atomic E-state index is 13.7. The fourth-order valence-electron chi connectivity index (χ4n) is 2.16. The van der Waals surface area contributed by atoms with Crippen molar-refractivity contribution < 1.29 is 27.1 Å². The largest absolute Gasteiger partial charge is 0.461 e. The Morgan fingerprint density at radius 3 is 2.70 bits per heavy atom. The number of hydrogen-bond acceptors (Lipinski definition) is 3. The number of rotatable bonds is 4. The van der Waals surface area contributed by atoms with Crippen LogP contribution < -0.4 is 0 Å². The molecule has 8 heteroatoms. The fraction of sp³-hybridized carbons (Fsp3) is 0.333. The predicted octanol–water partition coefficient (Wildman–Crippen LogP) is 3.83. The van der Waals surface area contributed by atoms with E-state index in [0.29, 0.717) is 0 Å². The number of aromatic nitrogens is 2. The molecule has 2 aromatic rings. The van der Waals surface area contributed by atoms with Gasteiger partial charge in [-0.25, -0.2) is 9.78 Å². The number of alkyl halides is 3. The maximum absolute atomic E-state index is 13.7. The number of esters is 1. The van der Waals surface area contributed by atoms with E-state index in [1.807, 2.05) is 0 Å². The van der Waals surface area contributed by atoms with Gasteiger partial charge in [0.1, 0.15) is 0 Å². The maximum Gasteiger partial charge on any atom is 0.416 e. The minimum Gasteiger partial charge on any atom is -0.461 e. The van der Waals surface area contributed by atoms with Crippen molar-refractivity contribution in [1.82, 2.24) is 9.55 Å². The first kappa shape index (κ1) is 17.0. The second-order valence-electron chi connectivity index (χ2n) is 4.81. The molecule has 0 saturated carbocycles. The number of benzene rings is 1. The number of carbonyl (C=O) groups is 1. The van der Waals surface area contributed by atoms with E-state index in [0.717, 1.165) is 23.0 Å². The molecule has 0 saturated heterocycles. The van der Waals surface area contributed by atoms with Crippen LogP contribution in [0.4, 0.5) is 17.6 Å². The molecule has 1 aromatic heterocycles. The number of ether oxygens (including phenoxy) is 1. The molecule has 0 bridgehead atoms. The van der Waals surface area contributed by atoms with Crippen molar-refractivity contribution in [2.24, 2.45) is 0 Å². The molecule has 0 fully saturated rings. The molecule has 0 aliphatic carbocycles. The Kier molecular flexibility index (Phi) is 4.72. The van der Waals surface area contributed by atoms with Gasteiger partial charge in [0.05, 0.1) is 24.5 Å². The number of hydrogen-bond donors (Lipinski definition) is 0. The molecule has 1 atom stereocenters. The zero-order valence-corrected chi connectivity index (χ0v) is 12.4. The van der Waals surface area contributed by atoms with E-state index in [9.17, 15) is 22.4 Å². The molecule has 124 valence electrons. The first-order valence-electron chi connectivity index (χ1n) is 6.82. The predicted molar refractivity (Wildman–Crippen MR) is 73.4 cm³/mol. The highest BCUT2D eigenvalue weighted by atomic mass is 19.4. The quantitative estimate of drug-likeness (QED) is 0.632. The third kappa shape index (κ3) is 3.52. The van der Waals surface area contributed by atoms with Crippen LogP contribution in [-0.2, 0) is 10.9 Å². The van der Waals surface area contributed by atoms with Crippen molar-refractivity contribution in [1.29, 1.82) is 0 Å². The Morgan fingerprint density at radius 1 is 1.39 bits per heavy atom. The van der Waals surface area contributed by atoms with E-state index in [1.54, 1.807) is 13.8 Å². The molecule has 1 heterocycles. The van der Waals surface area contributed by atoms with Crippen LogP contribution in [0.3, 0.4) is 0 Å². The standard InChI is InChI=1S/C15H14F4N2O2/c1-3-23-14(22)12-13(16)20-8-21(12)9(2)10-5-4-6-11(7-10)15(17,18)19/h4-9H,3H2,1-2H3/t9-/m1/s1. The molecule has 0 amide bonds. The average Bonchev–Trinajstić information content (AvgIpc) is 2.88. The highest BCUT2D eigenvalue weighted by molar-refractivity contribution is 5.87. The topological polar surface area (TPSA) is 44.1 Å². The van der Waals surface area contributed by atoms with Crippen LogP contribution in [0.25, 0.3) is 0 Å². The third-order valence-electron chi connectivity index (χ3n) is 3.33. The van der Waals surface area contributed by atoms with Crippen LogP contribution in [0.15, 0.2) is 30.6 Å². The summed E-state index contributed by atoms with van der Waals surface area (Å²) in [6.45, 7) is 3.15. The van der Waals surface area contributed by atoms with Gasteiger partial charge in [0.2, 0.25) is 5.95 Å². The van der Waals surface area contributed by atoms with Crippen LogP contribution in [-0.4, -0.2) is 22.1 Å². The number of nitrogens with zero attached hydrogens (tertiary/aromatic N) is 2. The van der Waals surface area contributed by atoms with Crippen molar-refractivity contribution in [2.45, 2.75) is 26.1 Å². The monoisotopic (exact) mass is 330 g/mol. The van der Waals surface area contributed by atoms with E-state index in [2.05, 4.69) is 4.98 Å². The molecule has 1 aromatic carbocycles. The minimum absolute atomic E-state index is 0.0430. The molecule has 0 spiro atoms. The summed E-state index contributed by atoms with van der Waals surface area (Å²) in [6.07, 6.45) is -3.42. The van der Waals surface area contributed by atoms with Gasteiger partial charge in [-0.05, 0) is 31.5 Å². The zero-order chi connectivity index (χ0) is 17.2. The lowest BCUT2D eigenvalue weighted by atomic mass is 10.0. The number of halogens is 4. The van der Waals surface area contributed by atoms with Gasteiger partial charge in [0.25, 0.3) is 0 Å². The molecule has 0 aliphatic heterocycles. The summed E-state index contributed by atoms with van der Waals surface area (Å²) in [5.41, 5.74) is -0.973. The van der Waals surface area contributed by atoms with Gasteiger partial charge < -0.3 is 9.30 Å². The van der Waals surface area contributed by atoms with Crippen LogP contribution in [0.2, 0.25) is 0 Å². The smallest absolute Gasteiger partial charge is 0.416 e. The molecule has 2 rings (SSSR count). The van der Waals surface area contributed by atoms with Crippen LogP contribution >= 0.6 is 0 Å². The molecular formula is C15H14F4N2O2. The lowest BCUT2D eigenvalue weighted by Gasteiger charge is -2.17. The van der Waals surface area contributed by atoms with Gasteiger partial charge in [-0.2, -0.15) is 17.6 Å². The second kappa shape index (κ2) is 6.39. The Balaban J connectivity index is 2.42. The number of carbonyl (C=O) groups excluding carboxylic acids is 1. The Labute approximate surface area is 129 Å². The number of imidazole rings is 1. The van der Waals surface area contributed by atoms with Gasteiger partial charge >= 0.3 is 12.1 Å². The molecule has 4 nitrogen and oxygen atoms in total. The summed E-state index contributed by atoms with van der Waals surface area (Å²) in [5.74, 6) is -1.94. The van der Waals surface area contributed by atoms with Crippen LogP contribution in [0, 0.1) is 5.95 Å². The molecule has 0 N–H and O–H groups in total. The van der Waals surface area contributed by atoms with Gasteiger partial charge in [-0.3, -0.25) is 0 Å². The molecule has 0 aliphatic rings. The summed E-state index contributed by atoms with van der Waals surface area (Å²) in [6, 6.07) is 3.89. The molecule has 0 unspecified atom stereocenters. The van der Waals surface area contributed by atoms with Crippen LogP contribution in [0.1, 0.15) is 41.5 Å². The third-order valence-corrected chi connectivity index (χ3v) is 3.33. The lowest BCUT2D eigenvalue weighted by Crippen LogP contribution is -2.17. The first-order valence-corrected chi connectivity index (χ1v) is 6.82. The van der Waals surface area contributed by atoms with Crippen molar-refractivity contribution in [3.63, 3.8) is 0 Å². The average molecular weight is 330 g/mol.